The van der Waals surface area contributed by atoms with E-state index in [9.17, 15) is 9.18 Å². The van der Waals surface area contributed by atoms with E-state index in [2.05, 4.69) is 22.1 Å². The first-order chi connectivity index (χ1) is 14.4. The van der Waals surface area contributed by atoms with Crippen LogP contribution >= 0.6 is 22.9 Å². The molecule has 8 heteroatoms. The van der Waals surface area contributed by atoms with Crippen LogP contribution in [0.25, 0.3) is 0 Å². The number of anilines is 3. The number of nitrogens with zero attached hydrogens (tertiary/aromatic N) is 3. The Kier molecular flexibility index (Phi) is 5.92. The summed E-state index contributed by atoms with van der Waals surface area (Å²) in [5, 5.41) is 4.48. The van der Waals surface area contributed by atoms with Crippen molar-refractivity contribution in [1.29, 1.82) is 0 Å². The van der Waals surface area contributed by atoms with Crippen molar-refractivity contribution in [2.75, 3.05) is 36.4 Å². The normalized spacial score (nSPS) is 14.1. The fraction of sp³-hybridized carbons (Fsp3) is 0.273. The van der Waals surface area contributed by atoms with Gasteiger partial charge in [0.05, 0.1) is 5.69 Å². The Balaban J connectivity index is 1.42. The molecule has 1 amide bonds. The van der Waals surface area contributed by atoms with Gasteiger partial charge in [0.15, 0.2) is 5.13 Å². The zero-order valence-electron chi connectivity index (χ0n) is 16.8. The summed E-state index contributed by atoms with van der Waals surface area (Å²) in [6.07, 6.45) is 0. The van der Waals surface area contributed by atoms with Crippen LogP contribution in [0.1, 0.15) is 20.9 Å². The van der Waals surface area contributed by atoms with Crippen LogP contribution in [-0.4, -0.2) is 42.0 Å². The van der Waals surface area contributed by atoms with Crippen LogP contribution in [-0.2, 0) is 0 Å². The van der Waals surface area contributed by atoms with Crippen molar-refractivity contribution in [3.05, 3.63) is 69.4 Å². The molecule has 2 aromatic carbocycles. The van der Waals surface area contributed by atoms with Crippen molar-refractivity contribution < 1.29 is 9.18 Å². The molecule has 0 unspecified atom stereocenters. The summed E-state index contributed by atoms with van der Waals surface area (Å²) in [5.74, 6) is -0.293. The third-order valence-electron chi connectivity index (χ3n) is 5.17. The average Bonchev–Trinajstić information content (AvgIpc) is 3.11. The Morgan fingerprint density at radius 1 is 1.10 bits per heavy atom. The minimum Gasteiger partial charge on any atom is -0.368 e. The number of nitrogens with one attached hydrogen (secondary N) is 1. The molecule has 3 aromatic rings. The van der Waals surface area contributed by atoms with Gasteiger partial charge >= 0.3 is 0 Å². The lowest BCUT2D eigenvalue weighted by Crippen LogP contribution is -2.49. The van der Waals surface area contributed by atoms with E-state index < -0.39 is 0 Å². The number of carbonyl (C=O) groups excluding carboxylic acids is 1. The molecule has 5 nitrogen and oxygen atoms in total. The number of halogens is 2. The van der Waals surface area contributed by atoms with Gasteiger partial charge in [-0.05, 0) is 55.8 Å². The highest BCUT2D eigenvalue weighted by atomic mass is 35.5. The summed E-state index contributed by atoms with van der Waals surface area (Å²) in [5.41, 5.74) is 3.72. The predicted octanol–water partition coefficient (Wildman–Crippen LogP) is 5.26. The van der Waals surface area contributed by atoms with Crippen molar-refractivity contribution in [2.24, 2.45) is 0 Å². The van der Waals surface area contributed by atoms with Crippen LogP contribution in [0, 0.1) is 19.7 Å². The second kappa shape index (κ2) is 8.62. The van der Waals surface area contributed by atoms with E-state index in [1.807, 2.05) is 30.0 Å². The van der Waals surface area contributed by atoms with Gasteiger partial charge in [0.1, 0.15) is 10.7 Å². The van der Waals surface area contributed by atoms with Gasteiger partial charge in [-0.25, -0.2) is 9.37 Å². The average molecular weight is 445 g/mol. The molecule has 0 radical (unpaired) electrons. The van der Waals surface area contributed by atoms with Crippen LogP contribution < -0.4 is 10.2 Å². The maximum atomic E-state index is 13.1. The monoisotopic (exact) mass is 444 g/mol. The first kappa shape index (κ1) is 20.6. The quantitative estimate of drug-likeness (QED) is 0.596. The molecular formula is C22H22ClFN4OS. The molecule has 156 valence electrons. The number of aryl methyl sites for hydroxylation is 2. The van der Waals surface area contributed by atoms with Crippen LogP contribution in [0.3, 0.4) is 0 Å². The second-order valence-corrected chi connectivity index (χ2v) is 8.71. The van der Waals surface area contributed by atoms with Crippen molar-refractivity contribution in [2.45, 2.75) is 13.8 Å². The van der Waals surface area contributed by atoms with Crippen molar-refractivity contribution in [1.82, 2.24) is 9.88 Å². The fourth-order valence-corrected chi connectivity index (χ4v) is 4.64. The van der Waals surface area contributed by atoms with E-state index in [4.69, 9.17) is 11.6 Å². The summed E-state index contributed by atoms with van der Waals surface area (Å²) in [4.78, 5) is 22.3. The molecule has 4 rings (SSSR count). The van der Waals surface area contributed by atoms with Crippen molar-refractivity contribution in [3.63, 3.8) is 0 Å². The fourth-order valence-electron chi connectivity index (χ4n) is 3.52. The predicted molar refractivity (Wildman–Crippen MR) is 121 cm³/mol. The minimum absolute atomic E-state index is 0.000350. The second-order valence-electron chi connectivity index (χ2n) is 7.28. The third-order valence-corrected chi connectivity index (χ3v) is 6.46. The lowest BCUT2D eigenvalue weighted by atomic mass is 10.1. The van der Waals surface area contributed by atoms with Crippen molar-refractivity contribution in [3.8, 4) is 0 Å². The van der Waals surface area contributed by atoms with Crippen LogP contribution in [0.4, 0.5) is 20.9 Å². The largest absolute Gasteiger partial charge is 0.368 e. The van der Waals surface area contributed by atoms with Gasteiger partial charge in [0.25, 0.3) is 5.91 Å². The van der Waals surface area contributed by atoms with E-state index in [-0.39, 0.29) is 11.7 Å². The highest BCUT2D eigenvalue weighted by Crippen LogP contribution is 2.29. The molecule has 0 atom stereocenters. The molecule has 1 aliphatic rings. The smallest absolute Gasteiger partial charge is 0.266 e. The van der Waals surface area contributed by atoms with E-state index in [0.29, 0.717) is 28.8 Å². The van der Waals surface area contributed by atoms with Gasteiger partial charge in [0.2, 0.25) is 0 Å². The lowest BCUT2D eigenvalue weighted by Gasteiger charge is -2.36. The third kappa shape index (κ3) is 4.42. The molecule has 1 fully saturated rings. The van der Waals surface area contributed by atoms with Crippen LogP contribution in [0.2, 0.25) is 5.02 Å². The van der Waals surface area contributed by atoms with Gasteiger partial charge in [0, 0.05) is 42.6 Å². The van der Waals surface area contributed by atoms with Crippen LogP contribution in [0.5, 0.6) is 0 Å². The van der Waals surface area contributed by atoms with E-state index >= 15 is 0 Å². The number of benzene rings is 2. The molecule has 0 aliphatic carbocycles. The number of carbonyl (C=O) groups is 1. The van der Waals surface area contributed by atoms with Gasteiger partial charge in [-0.15, -0.1) is 0 Å². The summed E-state index contributed by atoms with van der Waals surface area (Å²) < 4.78 is 13.1. The number of amides is 1. The number of hydrogen-bond acceptors (Lipinski definition) is 5. The van der Waals surface area contributed by atoms with E-state index in [0.717, 1.165) is 29.5 Å². The summed E-state index contributed by atoms with van der Waals surface area (Å²) in [7, 11) is 0. The Morgan fingerprint density at radius 2 is 1.80 bits per heavy atom. The SMILES string of the molecule is Cc1ccc(Cl)cc1N1CCN(C(=O)c2sc(Nc3ccc(F)cc3)nc2C)CC1. The zero-order valence-corrected chi connectivity index (χ0v) is 18.4. The first-order valence-electron chi connectivity index (χ1n) is 9.71. The van der Waals surface area contributed by atoms with Gasteiger partial charge in [-0.3, -0.25) is 4.79 Å². The molecule has 0 saturated carbocycles. The first-order valence-corrected chi connectivity index (χ1v) is 10.9. The maximum absolute atomic E-state index is 13.1. The highest BCUT2D eigenvalue weighted by Gasteiger charge is 2.26. The summed E-state index contributed by atoms with van der Waals surface area (Å²) >= 11 is 7.48. The Labute approximate surface area is 184 Å². The molecule has 0 spiro atoms. The van der Waals surface area contributed by atoms with E-state index in [1.54, 1.807) is 12.1 Å². The van der Waals surface area contributed by atoms with Gasteiger partial charge in [-0.1, -0.05) is 29.0 Å². The molecule has 30 heavy (non-hydrogen) atoms. The molecule has 2 heterocycles. The summed E-state index contributed by atoms with van der Waals surface area (Å²) in [6.45, 7) is 6.70. The number of aromatic nitrogens is 1. The Hall–Kier alpha value is -2.64. The lowest BCUT2D eigenvalue weighted by molar-refractivity contribution is 0.0750. The number of thiazole rings is 1. The molecular weight excluding hydrogens is 423 g/mol. The molecule has 1 N–H and O–H groups in total. The van der Waals surface area contributed by atoms with Gasteiger partial charge < -0.3 is 15.1 Å². The number of rotatable bonds is 4. The summed E-state index contributed by atoms with van der Waals surface area (Å²) in [6, 6.07) is 12.0. The van der Waals surface area contributed by atoms with Gasteiger partial charge in [-0.2, -0.15) is 0 Å². The topological polar surface area (TPSA) is 48.5 Å². The van der Waals surface area contributed by atoms with Crippen LogP contribution in [0.15, 0.2) is 42.5 Å². The molecule has 1 saturated heterocycles. The standard InChI is InChI=1S/C22H22ClFN4OS/c1-14-3-4-16(23)13-19(14)27-9-11-28(12-10-27)21(29)20-15(2)25-22(30-20)26-18-7-5-17(24)6-8-18/h3-8,13H,9-12H2,1-2H3,(H,25,26). The maximum Gasteiger partial charge on any atom is 0.266 e. The zero-order chi connectivity index (χ0) is 21.3. The number of hydrogen-bond donors (Lipinski definition) is 1. The van der Waals surface area contributed by atoms with E-state index in [1.165, 1.54) is 29.0 Å². The van der Waals surface area contributed by atoms with Crippen molar-refractivity contribution >= 4 is 45.4 Å². The Bertz CT molecular complexity index is 1060. The molecule has 1 aromatic heterocycles. The molecule has 1 aliphatic heterocycles. The minimum atomic E-state index is -0.293. The number of piperazine rings is 1. The highest BCUT2D eigenvalue weighted by molar-refractivity contribution is 7.17. The molecule has 0 bridgehead atoms. The Morgan fingerprint density at radius 3 is 2.50 bits per heavy atom.